The molecule has 0 spiro atoms. The van der Waals surface area contributed by atoms with Crippen molar-refractivity contribution in [3.8, 4) is 5.75 Å². The van der Waals surface area contributed by atoms with Gasteiger partial charge in [-0.25, -0.2) is 4.99 Å². The lowest BCUT2D eigenvalue weighted by atomic mass is 10.0. The zero-order valence-electron chi connectivity index (χ0n) is 20.3. The van der Waals surface area contributed by atoms with Crippen molar-refractivity contribution in [2.75, 3.05) is 39.8 Å². The molecule has 2 atom stereocenters. The van der Waals surface area contributed by atoms with Gasteiger partial charge >= 0.3 is 0 Å². The third-order valence-electron chi connectivity index (χ3n) is 6.01. The van der Waals surface area contributed by atoms with Gasteiger partial charge in [0.15, 0.2) is 5.96 Å². The van der Waals surface area contributed by atoms with E-state index in [2.05, 4.69) is 37.8 Å². The molecule has 0 amide bonds. The zero-order valence-corrected chi connectivity index (χ0v) is 22.6. The summed E-state index contributed by atoms with van der Waals surface area (Å²) in [5.74, 6) is 1.57. The number of rotatable bonds is 9. The molecule has 184 valence electrons. The Morgan fingerprint density at radius 3 is 2.48 bits per heavy atom. The number of nitrogens with zero attached hydrogens (tertiary/aromatic N) is 4. The highest BCUT2D eigenvalue weighted by Crippen LogP contribution is 2.26. The van der Waals surface area contributed by atoms with Crippen molar-refractivity contribution in [2.24, 2.45) is 12.0 Å². The minimum atomic E-state index is -1.08. The molecule has 2 unspecified atom stereocenters. The van der Waals surface area contributed by atoms with Crippen LogP contribution in [0.4, 0.5) is 0 Å². The molecule has 2 heterocycles. The number of piperidine rings is 1. The molecule has 1 saturated heterocycles. The van der Waals surface area contributed by atoms with Crippen molar-refractivity contribution in [3.63, 3.8) is 0 Å². The molecule has 0 radical (unpaired) electrons. The van der Waals surface area contributed by atoms with E-state index < -0.39 is 5.60 Å². The fourth-order valence-electron chi connectivity index (χ4n) is 4.07. The van der Waals surface area contributed by atoms with E-state index in [1.165, 1.54) is 24.8 Å². The Kier molecular flexibility index (Phi) is 10.9. The average Bonchev–Trinajstić information content (AvgIpc) is 3.26. The molecule has 0 bridgehead atoms. The van der Waals surface area contributed by atoms with Crippen LogP contribution in [0.25, 0.3) is 0 Å². The summed E-state index contributed by atoms with van der Waals surface area (Å²) < 4.78 is 7.03. The summed E-state index contributed by atoms with van der Waals surface area (Å²) in [5, 5.41) is 21.9. The second-order valence-corrected chi connectivity index (χ2v) is 8.64. The van der Waals surface area contributed by atoms with Gasteiger partial charge in [-0.15, -0.1) is 24.0 Å². The summed E-state index contributed by atoms with van der Waals surface area (Å²) >= 11 is 0. The first kappa shape index (κ1) is 27.4. The van der Waals surface area contributed by atoms with Crippen LogP contribution in [0.1, 0.15) is 50.3 Å². The molecule has 1 aromatic heterocycles. The van der Waals surface area contributed by atoms with E-state index in [9.17, 15) is 5.11 Å². The van der Waals surface area contributed by atoms with Gasteiger partial charge in [-0.2, -0.15) is 5.10 Å². The Morgan fingerprint density at radius 2 is 1.91 bits per heavy atom. The standard InChI is InChI=1S/C24H38N6O2.HI/c1-5-25-23(27-18-24(2,31)20-15-28-29(3)17-20)26-16-22(30-13-7-6-8-14-30)19-9-11-21(32-4)12-10-19;/h9-12,15,17,22,31H,5-8,13-14,16,18H2,1-4H3,(H2,25,26,27);1H. The molecule has 8 nitrogen and oxygen atoms in total. The van der Waals surface area contributed by atoms with Crippen molar-refractivity contribution in [2.45, 2.75) is 44.8 Å². The molecule has 3 N–H and O–H groups in total. The van der Waals surface area contributed by atoms with Gasteiger partial charge in [-0.1, -0.05) is 18.6 Å². The van der Waals surface area contributed by atoms with Gasteiger partial charge < -0.3 is 20.5 Å². The van der Waals surface area contributed by atoms with Crippen molar-refractivity contribution < 1.29 is 9.84 Å². The largest absolute Gasteiger partial charge is 0.497 e. The van der Waals surface area contributed by atoms with Crippen LogP contribution in [0.3, 0.4) is 0 Å². The third kappa shape index (κ3) is 7.86. The van der Waals surface area contributed by atoms with Crippen LogP contribution in [-0.2, 0) is 12.6 Å². The Labute approximate surface area is 214 Å². The number of ether oxygens (including phenoxy) is 1. The molecule has 1 aliphatic rings. The monoisotopic (exact) mass is 570 g/mol. The van der Waals surface area contributed by atoms with Gasteiger partial charge in [0.25, 0.3) is 0 Å². The minimum Gasteiger partial charge on any atom is -0.497 e. The first-order valence-corrected chi connectivity index (χ1v) is 11.5. The molecular formula is C24H39IN6O2. The summed E-state index contributed by atoms with van der Waals surface area (Å²) in [4.78, 5) is 7.23. The number of likely N-dealkylation sites (tertiary alicyclic amines) is 1. The normalized spacial score (nSPS) is 17.5. The van der Waals surface area contributed by atoms with Crippen LogP contribution in [0.5, 0.6) is 5.75 Å². The second kappa shape index (κ2) is 13.1. The summed E-state index contributed by atoms with van der Waals surface area (Å²) in [6.07, 6.45) is 7.27. The van der Waals surface area contributed by atoms with Crippen LogP contribution in [0.2, 0.25) is 0 Å². The number of aliphatic hydroxyl groups is 1. The fraction of sp³-hybridized carbons (Fsp3) is 0.583. The number of methoxy groups -OCH3 is 1. The quantitative estimate of drug-likeness (QED) is 0.244. The highest BCUT2D eigenvalue weighted by atomic mass is 127. The van der Waals surface area contributed by atoms with Crippen LogP contribution >= 0.6 is 24.0 Å². The molecule has 1 aliphatic heterocycles. The van der Waals surface area contributed by atoms with Crippen molar-refractivity contribution in [3.05, 3.63) is 47.8 Å². The molecule has 1 fully saturated rings. The molecule has 33 heavy (non-hydrogen) atoms. The van der Waals surface area contributed by atoms with E-state index in [0.29, 0.717) is 5.96 Å². The summed E-state index contributed by atoms with van der Waals surface area (Å²) in [7, 11) is 3.53. The van der Waals surface area contributed by atoms with Crippen molar-refractivity contribution >= 4 is 29.9 Å². The van der Waals surface area contributed by atoms with Gasteiger partial charge in [0.1, 0.15) is 11.4 Å². The third-order valence-corrected chi connectivity index (χ3v) is 6.01. The highest BCUT2D eigenvalue weighted by Gasteiger charge is 2.25. The fourth-order valence-corrected chi connectivity index (χ4v) is 4.07. The zero-order chi connectivity index (χ0) is 23.0. The second-order valence-electron chi connectivity index (χ2n) is 8.64. The van der Waals surface area contributed by atoms with Crippen molar-refractivity contribution in [1.29, 1.82) is 0 Å². The molecule has 1 aromatic carbocycles. The molecule has 2 aromatic rings. The summed E-state index contributed by atoms with van der Waals surface area (Å²) in [5.41, 5.74) is 0.932. The SMILES string of the molecule is CCNC(=NCC(C)(O)c1cnn(C)c1)NCC(c1ccc(OC)cc1)N1CCCCC1.I. The molecular weight excluding hydrogens is 531 g/mol. The van der Waals surface area contributed by atoms with E-state index in [1.807, 2.05) is 32.3 Å². The summed E-state index contributed by atoms with van der Waals surface area (Å²) in [6.45, 7) is 7.73. The van der Waals surface area contributed by atoms with Gasteiger partial charge in [-0.3, -0.25) is 9.58 Å². The van der Waals surface area contributed by atoms with E-state index >= 15 is 0 Å². The Bertz CT molecular complexity index is 862. The number of aromatic nitrogens is 2. The predicted molar refractivity (Wildman–Crippen MR) is 143 cm³/mol. The van der Waals surface area contributed by atoms with E-state index in [1.54, 1.807) is 24.9 Å². The maximum atomic E-state index is 10.9. The number of halogens is 1. The Hall–Kier alpha value is -1.85. The van der Waals surface area contributed by atoms with Gasteiger partial charge in [-0.05, 0) is 57.5 Å². The Balaban J connectivity index is 0.00000385. The first-order chi connectivity index (χ1) is 15.4. The molecule has 0 saturated carbocycles. The number of hydrogen-bond acceptors (Lipinski definition) is 5. The predicted octanol–water partition coefficient (Wildman–Crippen LogP) is 3.04. The van der Waals surface area contributed by atoms with E-state index in [-0.39, 0.29) is 36.6 Å². The summed E-state index contributed by atoms with van der Waals surface area (Å²) in [6, 6.07) is 8.59. The van der Waals surface area contributed by atoms with E-state index in [0.717, 1.165) is 37.5 Å². The van der Waals surface area contributed by atoms with Crippen LogP contribution in [0, 0.1) is 0 Å². The first-order valence-electron chi connectivity index (χ1n) is 11.5. The molecule has 9 heteroatoms. The lowest BCUT2D eigenvalue weighted by Crippen LogP contribution is -2.45. The van der Waals surface area contributed by atoms with Crippen LogP contribution in [0.15, 0.2) is 41.7 Å². The maximum absolute atomic E-state index is 10.9. The number of hydrogen-bond donors (Lipinski definition) is 3. The van der Waals surface area contributed by atoms with Crippen LogP contribution in [-0.4, -0.2) is 65.6 Å². The van der Waals surface area contributed by atoms with Crippen molar-refractivity contribution in [1.82, 2.24) is 25.3 Å². The van der Waals surface area contributed by atoms with Gasteiger partial charge in [0.05, 0.1) is 25.9 Å². The smallest absolute Gasteiger partial charge is 0.191 e. The Morgan fingerprint density at radius 1 is 1.21 bits per heavy atom. The number of nitrogens with one attached hydrogen (secondary N) is 2. The minimum absolute atomic E-state index is 0. The van der Waals surface area contributed by atoms with Gasteiger partial charge in [0.2, 0.25) is 0 Å². The number of aryl methyl sites for hydroxylation is 1. The highest BCUT2D eigenvalue weighted by molar-refractivity contribution is 14.0. The lowest BCUT2D eigenvalue weighted by Gasteiger charge is -2.35. The van der Waals surface area contributed by atoms with E-state index in [4.69, 9.17) is 4.74 Å². The lowest BCUT2D eigenvalue weighted by molar-refractivity contribution is 0.0671. The number of benzene rings is 1. The van der Waals surface area contributed by atoms with Gasteiger partial charge in [0, 0.05) is 31.9 Å². The molecule has 0 aliphatic carbocycles. The maximum Gasteiger partial charge on any atom is 0.191 e. The number of guanidine groups is 1. The topological polar surface area (TPSA) is 86.9 Å². The number of aliphatic imine (C=N–C) groups is 1. The average molecular weight is 571 g/mol. The van der Waals surface area contributed by atoms with Crippen LogP contribution < -0.4 is 15.4 Å². The molecule has 3 rings (SSSR count).